The number of hydrogen-bond acceptors (Lipinski definition) is 4. The molecule has 1 aliphatic rings. The molecule has 0 unspecified atom stereocenters. The van der Waals surface area contributed by atoms with E-state index in [0.29, 0.717) is 11.1 Å². The van der Waals surface area contributed by atoms with E-state index in [1.807, 2.05) is 0 Å². The van der Waals surface area contributed by atoms with Crippen LogP contribution in [0.2, 0.25) is 0 Å². The smallest absolute Gasteiger partial charge is 0.416 e. The van der Waals surface area contributed by atoms with Crippen molar-refractivity contribution in [3.8, 4) is 0 Å². The Morgan fingerprint density at radius 1 is 0.875 bits per heavy atom. The highest BCUT2D eigenvalue weighted by Gasteiger charge is 2.38. The standard InChI is InChI=1S/C26H21F7N2O4S/c27-21-9-18(24(36)37)10-22(11-21)34-40(38,39)14-15-12-35(13-15)23(16-1-5-19(6-2-16)25(28,29)30)17-3-7-20(8-4-17)26(31,32)33/h1-11,15,23,34H,12-14H2,(H,36,37). The van der Waals surface area contributed by atoms with Crippen molar-refractivity contribution in [1.29, 1.82) is 0 Å². The number of aromatic carboxylic acids is 1. The molecule has 0 atom stereocenters. The number of carboxylic acid groups (broad SMARTS) is 1. The fourth-order valence-electron chi connectivity index (χ4n) is 4.55. The lowest BCUT2D eigenvalue weighted by Gasteiger charge is -2.44. The fourth-order valence-corrected chi connectivity index (χ4v) is 5.94. The Balaban J connectivity index is 1.52. The molecule has 2 N–H and O–H groups in total. The summed E-state index contributed by atoms with van der Waals surface area (Å²) in [6, 6.07) is 10.1. The van der Waals surface area contributed by atoms with E-state index in [1.165, 1.54) is 24.3 Å². The van der Waals surface area contributed by atoms with Gasteiger partial charge < -0.3 is 5.11 Å². The van der Waals surface area contributed by atoms with Crippen LogP contribution >= 0.6 is 0 Å². The Kier molecular flexibility index (Phi) is 7.87. The van der Waals surface area contributed by atoms with Crippen molar-refractivity contribution in [2.75, 3.05) is 23.6 Å². The number of likely N-dealkylation sites (tertiary alicyclic amines) is 1. The minimum Gasteiger partial charge on any atom is -0.478 e. The summed E-state index contributed by atoms with van der Waals surface area (Å²) in [7, 11) is -4.06. The van der Waals surface area contributed by atoms with E-state index in [4.69, 9.17) is 5.11 Å². The van der Waals surface area contributed by atoms with Gasteiger partial charge in [-0.3, -0.25) is 9.62 Å². The number of hydrogen-bond donors (Lipinski definition) is 2. The van der Waals surface area contributed by atoms with Crippen molar-refractivity contribution in [3.05, 3.63) is 100 Å². The first-order valence-electron chi connectivity index (χ1n) is 11.6. The molecule has 14 heteroatoms. The van der Waals surface area contributed by atoms with Gasteiger partial charge in [-0.25, -0.2) is 17.6 Å². The lowest BCUT2D eigenvalue weighted by atomic mass is 9.90. The van der Waals surface area contributed by atoms with Gasteiger partial charge in [0.25, 0.3) is 0 Å². The molecular formula is C26H21F7N2O4S. The maximum absolute atomic E-state index is 13.7. The number of benzene rings is 3. The van der Waals surface area contributed by atoms with E-state index >= 15 is 0 Å². The van der Waals surface area contributed by atoms with E-state index in [9.17, 15) is 43.9 Å². The maximum Gasteiger partial charge on any atom is 0.416 e. The van der Waals surface area contributed by atoms with Crippen LogP contribution in [0.4, 0.5) is 36.4 Å². The number of carbonyl (C=O) groups is 1. The van der Waals surface area contributed by atoms with Crippen LogP contribution in [0.5, 0.6) is 0 Å². The first kappa shape index (κ1) is 29.3. The summed E-state index contributed by atoms with van der Waals surface area (Å²) in [5.74, 6) is -3.32. The first-order valence-corrected chi connectivity index (χ1v) is 13.3. The highest BCUT2D eigenvalue weighted by molar-refractivity contribution is 7.92. The topological polar surface area (TPSA) is 86.7 Å². The second kappa shape index (κ2) is 10.7. The number of nitrogens with one attached hydrogen (secondary N) is 1. The number of rotatable bonds is 8. The third kappa shape index (κ3) is 6.91. The van der Waals surface area contributed by atoms with E-state index in [2.05, 4.69) is 4.72 Å². The Bertz CT molecular complexity index is 1430. The van der Waals surface area contributed by atoms with Gasteiger partial charge in [0, 0.05) is 19.0 Å². The second-order valence-corrected chi connectivity index (χ2v) is 11.1. The Morgan fingerprint density at radius 2 is 1.35 bits per heavy atom. The van der Waals surface area contributed by atoms with E-state index < -0.39 is 68.6 Å². The first-order chi connectivity index (χ1) is 18.5. The molecular weight excluding hydrogens is 569 g/mol. The zero-order chi connectivity index (χ0) is 29.5. The third-order valence-electron chi connectivity index (χ3n) is 6.33. The van der Waals surface area contributed by atoms with Crippen LogP contribution in [-0.4, -0.2) is 43.2 Å². The van der Waals surface area contributed by atoms with Gasteiger partial charge in [-0.15, -0.1) is 0 Å². The van der Waals surface area contributed by atoms with Crippen LogP contribution in [0.1, 0.15) is 38.7 Å². The van der Waals surface area contributed by atoms with E-state index in [-0.39, 0.29) is 18.8 Å². The monoisotopic (exact) mass is 590 g/mol. The average molecular weight is 591 g/mol. The zero-order valence-electron chi connectivity index (χ0n) is 20.3. The summed E-state index contributed by atoms with van der Waals surface area (Å²) in [6.45, 7) is 0.272. The predicted molar refractivity (Wildman–Crippen MR) is 131 cm³/mol. The molecule has 214 valence electrons. The Morgan fingerprint density at radius 3 is 1.77 bits per heavy atom. The van der Waals surface area contributed by atoms with Crippen molar-refractivity contribution in [2.45, 2.75) is 18.4 Å². The summed E-state index contributed by atoms with van der Waals surface area (Å²) in [4.78, 5) is 12.8. The molecule has 3 aromatic carbocycles. The summed E-state index contributed by atoms with van der Waals surface area (Å²) < 4.78 is 120. The van der Waals surface area contributed by atoms with Crippen LogP contribution in [0, 0.1) is 11.7 Å². The molecule has 1 heterocycles. The van der Waals surface area contributed by atoms with E-state index in [1.54, 1.807) is 4.90 Å². The van der Waals surface area contributed by atoms with Crippen molar-refractivity contribution in [2.24, 2.45) is 5.92 Å². The molecule has 0 aliphatic carbocycles. The highest BCUT2D eigenvalue weighted by Crippen LogP contribution is 2.38. The predicted octanol–water partition coefficient (Wildman–Crippen LogP) is 6.02. The summed E-state index contributed by atoms with van der Waals surface area (Å²) >= 11 is 0. The molecule has 0 radical (unpaired) electrons. The molecule has 3 aromatic rings. The van der Waals surface area contributed by atoms with Gasteiger partial charge in [-0.1, -0.05) is 24.3 Å². The molecule has 4 rings (SSSR count). The quantitative estimate of drug-likeness (QED) is 0.313. The molecule has 0 saturated carbocycles. The molecule has 1 fully saturated rings. The van der Waals surface area contributed by atoms with E-state index in [0.717, 1.165) is 42.5 Å². The molecule has 0 aromatic heterocycles. The average Bonchev–Trinajstić information content (AvgIpc) is 2.81. The molecule has 0 spiro atoms. The van der Waals surface area contributed by atoms with Crippen LogP contribution in [0.25, 0.3) is 0 Å². The number of anilines is 1. The van der Waals surface area contributed by atoms with Crippen molar-refractivity contribution in [1.82, 2.24) is 4.90 Å². The number of nitrogens with zero attached hydrogens (tertiary/aromatic N) is 1. The molecule has 0 amide bonds. The largest absolute Gasteiger partial charge is 0.478 e. The van der Waals surface area contributed by atoms with Gasteiger partial charge in [0.05, 0.1) is 34.2 Å². The maximum atomic E-state index is 13.7. The summed E-state index contributed by atoms with van der Waals surface area (Å²) in [5.41, 5.74) is -1.79. The molecule has 1 saturated heterocycles. The van der Waals surface area contributed by atoms with Gasteiger partial charge in [-0.2, -0.15) is 26.3 Å². The van der Waals surface area contributed by atoms with Gasteiger partial charge in [0.15, 0.2) is 0 Å². The molecule has 0 bridgehead atoms. The second-order valence-electron chi connectivity index (χ2n) is 9.38. The van der Waals surface area contributed by atoms with Crippen LogP contribution in [0.3, 0.4) is 0 Å². The van der Waals surface area contributed by atoms with Gasteiger partial charge in [-0.05, 0) is 53.6 Å². The van der Waals surface area contributed by atoms with Crippen LogP contribution in [0.15, 0.2) is 66.7 Å². The third-order valence-corrected chi connectivity index (χ3v) is 7.79. The number of alkyl halides is 6. The minimum absolute atomic E-state index is 0.136. The molecule has 6 nitrogen and oxygen atoms in total. The number of sulfonamides is 1. The van der Waals surface area contributed by atoms with Gasteiger partial charge in [0.1, 0.15) is 5.82 Å². The lowest BCUT2D eigenvalue weighted by molar-refractivity contribution is -0.138. The summed E-state index contributed by atoms with van der Waals surface area (Å²) in [5, 5.41) is 9.04. The zero-order valence-corrected chi connectivity index (χ0v) is 21.1. The summed E-state index contributed by atoms with van der Waals surface area (Å²) in [6.07, 6.45) is -9.17. The van der Waals surface area contributed by atoms with Gasteiger partial charge in [0.2, 0.25) is 10.0 Å². The Hall–Kier alpha value is -3.65. The van der Waals surface area contributed by atoms with Crippen molar-refractivity contribution >= 4 is 21.7 Å². The highest BCUT2D eigenvalue weighted by atomic mass is 32.2. The molecule has 40 heavy (non-hydrogen) atoms. The normalized spacial score (nSPS) is 15.2. The van der Waals surface area contributed by atoms with Crippen LogP contribution < -0.4 is 4.72 Å². The SMILES string of the molecule is O=C(O)c1cc(F)cc(NS(=O)(=O)CC2CN(C(c3ccc(C(F)(F)F)cc3)c3ccc(C(F)(F)F)cc3)C2)c1. The Labute approximate surface area is 224 Å². The lowest BCUT2D eigenvalue weighted by Crippen LogP contribution is -2.51. The van der Waals surface area contributed by atoms with Gasteiger partial charge >= 0.3 is 18.3 Å². The molecule has 1 aliphatic heterocycles. The van der Waals surface area contributed by atoms with Crippen molar-refractivity contribution in [3.63, 3.8) is 0 Å². The fraction of sp³-hybridized carbons (Fsp3) is 0.269. The van der Waals surface area contributed by atoms with Crippen LogP contribution in [-0.2, 0) is 22.4 Å². The number of carboxylic acids is 1. The minimum atomic E-state index is -4.58. The number of halogens is 7. The van der Waals surface area contributed by atoms with Crippen molar-refractivity contribution < 1.29 is 49.1 Å².